The lowest BCUT2D eigenvalue weighted by Gasteiger charge is -2.40. The second kappa shape index (κ2) is 10.9. The summed E-state index contributed by atoms with van der Waals surface area (Å²) in [5.41, 5.74) is -1.27. The molecule has 0 radical (unpaired) electrons. The predicted octanol–water partition coefficient (Wildman–Crippen LogP) is 3.62. The molecule has 176 valence electrons. The van der Waals surface area contributed by atoms with Gasteiger partial charge >= 0.3 is 5.95 Å². The highest BCUT2D eigenvalue weighted by atomic mass is 16.6. The molecule has 0 aliphatic rings. The van der Waals surface area contributed by atoms with Crippen LogP contribution >= 0.6 is 0 Å². The fourth-order valence-corrected chi connectivity index (χ4v) is 3.24. The smallest absolute Gasteiger partial charge is 0.390 e. The standard InChI is InChI=1S/C20H37N7O4/c1-8-20(9-2,13-22-18(4,5)15(3)24-28)14-23-19(6,7)16(25-29)12-26-11-10-21-17(26)27(30)31/h10-11,15-16,22-23H,8-9,12-14H2,1-7H3. The molecule has 0 spiro atoms. The molecule has 0 aliphatic heterocycles. The van der Waals surface area contributed by atoms with E-state index in [0.29, 0.717) is 13.1 Å². The zero-order chi connectivity index (χ0) is 23.9. The van der Waals surface area contributed by atoms with Gasteiger partial charge in [-0.05, 0) is 57.8 Å². The minimum absolute atomic E-state index is 0.0544. The van der Waals surface area contributed by atoms with E-state index in [1.54, 1.807) is 6.92 Å². The lowest BCUT2D eigenvalue weighted by atomic mass is 9.79. The van der Waals surface area contributed by atoms with Crippen molar-refractivity contribution in [2.75, 3.05) is 13.1 Å². The quantitative estimate of drug-likeness (QED) is 0.241. The number of hydrogen-bond donors (Lipinski definition) is 2. The summed E-state index contributed by atoms with van der Waals surface area (Å²) in [7, 11) is 0. The number of nitrogens with one attached hydrogen (secondary N) is 2. The highest BCUT2D eigenvalue weighted by Crippen LogP contribution is 2.28. The summed E-state index contributed by atoms with van der Waals surface area (Å²) < 4.78 is 1.33. The van der Waals surface area contributed by atoms with Crippen LogP contribution in [0.25, 0.3) is 0 Å². The number of nitro groups is 1. The van der Waals surface area contributed by atoms with E-state index in [9.17, 15) is 19.9 Å². The average Bonchev–Trinajstić information content (AvgIpc) is 3.20. The summed E-state index contributed by atoms with van der Waals surface area (Å²) in [6.45, 7) is 15.0. The molecule has 2 atom stereocenters. The molecule has 0 bridgehead atoms. The van der Waals surface area contributed by atoms with Gasteiger partial charge in [0.15, 0.2) is 0 Å². The predicted molar refractivity (Wildman–Crippen MR) is 121 cm³/mol. The third-order valence-corrected chi connectivity index (χ3v) is 6.73. The molecule has 2 unspecified atom stereocenters. The van der Waals surface area contributed by atoms with Crippen molar-refractivity contribution in [3.63, 3.8) is 0 Å². The van der Waals surface area contributed by atoms with Gasteiger partial charge in [-0.25, -0.2) is 4.57 Å². The van der Waals surface area contributed by atoms with Gasteiger partial charge in [-0.2, -0.15) is 9.81 Å². The molecule has 1 heterocycles. The van der Waals surface area contributed by atoms with E-state index in [2.05, 4.69) is 39.8 Å². The molecular weight excluding hydrogens is 402 g/mol. The van der Waals surface area contributed by atoms with E-state index in [4.69, 9.17) is 0 Å². The Hall–Kier alpha value is -2.27. The second-order valence-electron chi connectivity index (χ2n) is 9.40. The molecule has 11 heteroatoms. The van der Waals surface area contributed by atoms with Crippen LogP contribution in [0.2, 0.25) is 0 Å². The van der Waals surface area contributed by atoms with Gasteiger partial charge in [0.1, 0.15) is 24.5 Å². The van der Waals surface area contributed by atoms with Crippen molar-refractivity contribution in [3.8, 4) is 0 Å². The minimum Gasteiger partial charge on any atom is -0.390 e. The molecule has 0 aromatic carbocycles. The number of nitrogens with zero attached hydrogens (tertiary/aromatic N) is 5. The van der Waals surface area contributed by atoms with Crippen LogP contribution in [0.1, 0.15) is 61.3 Å². The van der Waals surface area contributed by atoms with Gasteiger partial charge in [0.25, 0.3) is 0 Å². The van der Waals surface area contributed by atoms with Crippen LogP contribution < -0.4 is 10.6 Å². The third-order valence-electron chi connectivity index (χ3n) is 6.73. The van der Waals surface area contributed by atoms with Gasteiger partial charge in [-0.3, -0.25) is 0 Å². The molecule has 0 aliphatic carbocycles. The Balaban J connectivity index is 2.91. The van der Waals surface area contributed by atoms with E-state index in [0.717, 1.165) is 12.8 Å². The van der Waals surface area contributed by atoms with E-state index < -0.39 is 22.0 Å². The van der Waals surface area contributed by atoms with Crippen LogP contribution in [0.5, 0.6) is 0 Å². The minimum atomic E-state index is -0.740. The normalized spacial score (nSPS) is 14.8. The third kappa shape index (κ3) is 6.86. The first-order chi connectivity index (χ1) is 14.4. The fraction of sp³-hybridized carbons (Fsp3) is 0.850. The Labute approximate surface area is 183 Å². The molecule has 1 aromatic heterocycles. The molecule has 0 saturated carbocycles. The number of rotatable bonds is 15. The summed E-state index contributed by atoms with van der Waals surface area (Å²) >= 11 is 0. The van der Waals surface area contributed by atoms with Gasteiger partial charge in [-0.1, -0.05) is 29.2 Å². The van der Waals surface area contributed by atoms with E-state index in [1.807, 2.05) is 27.7 Å². The molecule has 2 N–H and O–H groups in total. The first kappa shape index (κ1) is 26.8. The Morgan fingerprint density at radius 3 is 2.10 bits per heavy atom. The Morgan fingerprint density at radius 2 is 1.65 bits per heavy atom. The molecule has 0 fully saturated rings. The van der Waals surface area contributed by atoms with E-state index >= 15 is 0 Å². The van der Waals surface area contributed by atoms with Crippen LogP contribution in [-0.2, 0) is 6.54 Å². The lowest BCUT2D eigenvalue weighted by Crippen LogP contribution is -2.57. The average molecular weight is 440 g/mol. The van der Waals surface area contributed by atoms with Gasteiger partial charge < -0.3 is 20.7 Å². The summed E-state index contributed by atoms with van der Waals surface area (Å²) in [6.07, 6.45) is 4.57. The van der Waals surface area contributed by atoms with Gasteiger partial charge in [0, 0.05) is 24.2 Å². The van der Waals surface area contributed by atoms with Crippen LogP contribution in [0.4, 0.5) is 5.95 Å². The highest BCUT2D eigenvalue weighted by molar-refractivity contribution is 5.08. The van der Waals surface area contributed by atoms with Crippen molar-refractivity contribution < 1.29 is 4.92 Å². The van der Waals surface area contributed by atoms with Crippen molar-refractivity contribution in [3.05, 3.63) is 32.3 Å². The number of hydrogen-bond acceptors (Lipinski definition) is 9. The molecular formula is C20H37N7O4. The van der Waals surface area contributed by atoms with E-state index in [-0.39, 0.29) is 23.9 Å². The number of imidazole rings is 1. The maximum atomic E-state index is 11.6. The maximum absolute atomic E-state index is 11.6. The van der Waals surface area contributed by atoms with Crippen molar-refractivity contribution in [1.82, 2.24) is 20.2 Å². The Morgan fingerprint density at radius 1 is 1.10 bits per heavy atom. The topological polar surface area (TPSA) is 144 Å². The molecule has 0 saturated heterocycles. The number of aromatic nitrogens is 2. The summed E-state index contributed by atoms with van der Waals surface area (Å²) in [5.74, 6) is -0.315. The van der Waals surface area contributed by atoms with Gasteiger partial charge in [-0.15, -0.1) is 0 Å². The van der Waals surface area contributed by atoms with Crippen molar-refractivity contribution in [2.24, 2.45) is 15.8 Å². The molecule has 1 rings (SSSR count). The van der Waals surface area contributed by atoms with Crippen LogP contribution in [0, 0.1) is 25.3 Å². The van der Waals surface area contributed by atoms with Gasteiger partial charge in [0.2, 0.25) is 0 Å². The van der Waals surface area contributed by atoms with Crippen molar-refractivity contribution in [2.45, 2.75) is 91.0 Å². The van der Waals surface area contributed by atoms with E-state index in [1.165, 1.54) is 17.0 Å². The van der Waals surface area contributed by atoms with Crippen molar-refractivity contribution in [1.29, 1.82) is 0 Å². The van der Waals surface area contributed by atoms with Crippen LogP contribution in [-0.4, -0.2) is 50.7 Å². The summed E-state index contributed by atoms with van der Waals surface area (Å²) in [5, 5.41) is 24.5. The highest BCUT2D eigenvalue weighted by Gasteiger charge is 2.37. The summed E-state index contributed by atoms with van der Waals surface area (Å²) in [6, 6.07) is -1.12. The first-order valence-electron chi connectivity index (χ1n) is 10.7. The molecule has 0 amide bonds. The van der Waals surface area contributed by atoms with Crippen molar-refractivity contribution >= 4 is 5.95 Å². The lowest BCUT2D eigenvalue weighted by molar-refractivity contribution is -0.396. The first-order valence-corrected chi connectivity index (χ1v) is 10.7. The fourth-order valence-electron chi connectivity index (χ4n) is 3.24. The Kier molecular flexibility index (Phi) is 9.37. The SMILES string of the molecule is CCC(CC)(CNC(C)(C)C(C)N=O)CNC(C)(C)C(Cn1ccnc1[N+](=O)[O-])N=O. The molecule has 1 aromatic rings. The summed E-state index contributed by atoms with van der Waals surface area (Å²) in [4.78, 5) is 36.9. The van der Waals surface area contributed by atoms with Crippen LogP contribution in [0.3, 0.4) is 0 Å². The van der Waals surface area contributed by atoms with Gasteiger partial charge in [0.05, 0.1) is 6.54 Å². The second-order valence-corrected chi connectivity index (χ2v) is 9.40. The maximum Gasteiger partial charge on any atom is 0.434 e. The number of nitroso groups, excluding NO2 is 2. The largest absolute Gasteiger partial charge is 0.434 e. The van der Waals surface area contributed by atoms with Crippen LogP contribution in [0.15, 0.2) is 22.7 Å². The zero-order valence-electron chi connectivity index (χ0n) is 19.7. The Bertz CT molecular complexity index is 744. The zero-order valence-corrected chi connectivity index (χ0v) is 19.7. The molecule has 11 nitrogen and oxygen atoms in total. The monoisotopic (exact) mass is 439 g/mol. The molecule has 31 heavy (non-hydrogen) atoms.